The van der Waals surface area contributed by atoms with Crippen molar-refractivity contribution in [3.63, 3.8) is 0 Å². The average molecular weight is 593 g/mol. The van der Waals surface area contributed by atoms with E-state index in [-0.39, 0.29) is 0 Å². The van der Waals surface area contributed by atoms with E-state index >= 15 is 0 Å². The largest absolute Gasteiger partial charge is 0.134 e. The SMILES string of the molecule is c1ccc(-c2c3ccccc3c(-c3ccc4sc5c(ccc6c7cc8ccccc8cc7sc65)c4c3)c3ccccc23)cc1. The summed E-state index contributed by atoms with van der Waals surface area (Å²) in [4.78, 5) is 0. The molecule has 0 spiro atoms. The van der Waals surface area contributed by atoms with E-state index in [9.17, 15) is 0 Å². The molecule has 8 aromatic carbocycles. The highest BCUT2D eigenvalue weighted by Crippen LogP contribution is 2.48. The number of thiophene rings is 2. The Labute approximate surface area is 262 Å². The maximum atomic E-state index is 2.44. The first-order valence-corrected chi connectivity index (χ1v) is 16.6. The second kappa shape index (κ2) is 9.24. The molecular weight excluding hydrogens is 569 g/mol. The lowest BCUT2D eigenvalue weighted by atomic mass is 9.86. The van der Waals surface area contributed by atoms with Gasteiger partial charge in [0.05, 0.1) is 9.40 Å². The maximum absolute atomic E-state index is 2.44. The summed E-state index contributed by atoms with van der Waals surface area (Å²) in [6, 6.07) is 53.9. The standard InChI is InChI=1S/C42H24S2/c1-2-10-25(11-3-1)39-29-14-6-8-16-31(29)40(32-17-9-7-15-30(32)39)28-18-21-37-35(23-28)33-19-20-34-36-22-26-12-4-5-13-27(26)24-38(36)44-42(34)41(33)43-37/h1-24H. The van der Waals surface area contributed by atoms with Gasteiger partial charge in [-0.15, -0.1) is 22.7 Å². The number of hydrogen-bond donors (Lipinski definition) is 0. The quantitative estimate of drug-likeness (QED) is 0.175. The highest BCUT2D eigenvalue weighted by molar-refractivity contribution is 7.33. The van der Waals surface area contributed by atoms with Gasteiger partial charge in [0, 0.05) is 30.9 Å². The third-order valence-corrected chi connectivity index (χ3v) is 11.7. The van der Waals surface area contributed by atoms with Crippen LogP contribution in [-0.4, -0.2) is 0 Å². The molecule has 0 unspecified atom stereocenters. The summed E-state index contributed by atoms with van der Waals surface area (Å²) in [5.74, 6) is 0. The van der Waals surface area contributed by atoms with E-state index in [0.29, 0.717) is 0 Å². The average Bonchev–Trinajstić information content (AvgIpc) is 3.64. The van der Waals surface area contributed by atoms with E-state index < -0.39 is 0 Å². The fourth-order valence-corrected chi connectivity index (χ4v) is 9.81. The van der Waals surface area contributed by atoms with Gasteiger partial charge in [0.15, 0.2) is 0 Å². The minimum Gasteiger partial charge on any atom is -0.134 e. The van der Waals surface area contributed by atoms with Gasteiger partial charge < -0.3 is 0 Å². The lowest BCUT2D eigenvalue weighted by molar-refractivity contribution is 1.66. The normalized spacial score (nSPS) is 12.1. The summed E-state index contributed by atoms with van der Waals surface area (Å²) in [7, 11) is 0. The topological polar surface area (TPSA) is 0 Å². The molecule has 10 rings (SSSR count). The number of rotatable bonds is 2. The van der Waals surface area contributed by atoms with Crippen LogP contribution >= 0.6 is 22.7 Å². The molecule has 0 bridgehead atoms. The summed E-state index contributed by atoms with van der Waals surface area (Å²) < 4.78 is 5.50. The van der Waals surface area contributed by atoms with E-state index in [1.165, 1.54) is 94.9 Å². The zero-order valence-electron chi connectivity index (χ0n) is 23.7. The van der Waals surface area contributed by atoms with Gasteiger partial charge in [-0.2, -0.15) is 0 Å². The van der Waals surface area contributed by atoms with Gasteiger partial charge in [0.2, 0.25) is 0 Å². The molecule has 0 saturated heterocycles. The fraction of sp³-hybridized carbons (Fsp3) is 0. The first-order chi connectivity index (χ1) is 21.8. The van der Waals surface area contributed by atoms with Gasteiger partial charge in [-0.05, 0) is 78.8 Å². The second-order valence-corrected chi connectivity index (χ2v) is 13.7. The maximum Gasteiger partial charge on any atom is 0.0534 e. The van der Waals surface area contributed by atoms with E-state index in [1.807, 2.05) is 22.7 Å². The Kier molecular flexibility index (Phi) is 5.13. The van der Waals surface area contributed by atoms with Crippen molar-refractivity contribution in [2.24, 2.45) is 0 Å². The van der Waals surface area contributed by atoms with Crippen molar-refractivity contribution in [3.8, 4) is 22.3 Å². The van der Waals surface area contributed by atoms with Crippen molar-refractivity contribution in [1.29, 1.82) is 0 Å². The Bertz CT molecular complexity index is 2700. The molecule has 0 atom stereocenters. The first kappa shape index (κ1) is 24.4. The summed E-state index contributed by atoms with van der Waals surface area (Å²) in [5.41, 5.74) is 5.15. The molecule has 2 heterocycles. The number of fused-ring (bicyclic) bond motifs is 10. The molecule has 0 N–H and O–H groups in total. The molecule has 0 radical (unpaired) electrons. The van der Waals surface area contributed by atoms with Gasteiger partial charge in [0.25, 0.3) is 0 Å². The number of hydrogen-bond acceptors (Lipinski definition) is 2. The van der Waals surface area contributed by atoms with Crippen molar-refractivity contribution in [2.45, 2.75) is 0 Å². The smallest absolute Gasteiger partial charge is 0.0534 e. The molecule has 2 aromatic heterocycles. The van der Waals surface area contributed by atoms with E-state index in [1.54, 1.807) is 0 Å². The molecular formula is C42H24S2. The van der Waals surface area contributed by atoms with Crippen molar-refractivity contribution in [1.82, 2.24) is 0 Å². The zero-order valence-corrected chi connectivity index (χ0v) is 25.3. The Hall–Kier alpha value is -5.02. The van der Waals surface area contributed by atoms with Crippen molar-refractivity contribution in [2.75, 3.05) is 0 Å². The molecule has 0 fully saturated rings. The predicted octanol–water partition coefficient (Wildman–Crippen LogP) is 13.2. The molecule has 0 saturated carbocycles. The van der Waals surface area contributed by atoms with Crippen LogP contribution in [0.2, 0.25) is 0 Å². The van der Waals surface area contributed by atoms with Crippen molar-refractivity contribution >= 4 is 95.3 Å². The van der Waals surface area contributed by atoms with Crippen LogP contribution in [-0.2, 0) is 0 Å². The van der Waals surface area contributed by atoms with Crippen LogP contribution in [0.1, 0.15) is 0 Å². The zero-order chi connectivity index (χ0) is 28.8. The molecule has 0 amide bonds. The summed E-state index contributed by atoms with van der Waals surface area (Å²) in [6.07, 6.45) is 0. The molecule has 44 heavy (non-hydrogen) atoms. The van der Waals surface area contributed by atoms with Gasteiger partial charge >= 0.3 is 0 Å². The van der Waals surface area contributed by atoms with E-state index in [2.05, 4.69) is 146 Å². The Morgan fingerprint density at radius 1 is 0.295 bits per heavy atom. The molecule has 0 nitrogen and oxygen atoms in total. The molecule has 0 aliphatic carbocycles. The van der Waals surface area contributed by atoms with E-state index in [0.717, 1.165) is 0 Å². The van der Waals surface area contributed by atoms with Gasteiger partial charge in [-0.25, -0.2) is 0 Å². The minimum atomic E-state index is 1.26. The van der Waals surface area contributed by atoms with Crippen molar-refractivity contribution < 1.29 is 0 Å². The van der Waals surface area contributed by atoms with Crippen molar-refractivity contribution in [3.05, 3.63) is 146 Å². The van der Waals surface area contributed by atoms with Crippen LogP contribution in [0.5, 0.6) is 0 Å². The highest BCUT2D eigenvalue weighted by atomic mass is 32.1. The lowest BCUT2D eigenvalue weighted by Crippen LogP contribution is -1.90. The first-order valence-electron chi connectivity index (χ1n) is 15.0. The van der Waals surface area contributed by atoms with Crippen LogP contribution in [0.15, 0.2) is 146 Å². The summed E-state index contributed by atoms with van der Waals surface area (Å²) in [5, 5.41) is 13.2. The van der Waals surface area contributed by atoms with Crippen LogP contribution in [0.25, 0.3) is 94.9 Å². The molecule has 10 aromatic rings. The summed E-state index contributed by atoms with van der Waals surface area (Å²) in [6.45, 7) is 0. The molecule has 0 aliphatic heterocycles. The van der Waals surface area contributed by atoms with Crippen LogP contribution in [0, 0.1) is 0 Å². The van der Waals surface area contributed by atoms with Crippen LogP contribution < -0.4 is 0 Å². The predicted molar refractivity (Wildman–Crippen MR) is 196 cm³/mol. The lowest BCUT2D eigenvalue weighted by Gasteiger charge is -2.17. The third kappa shape index (κ3) is 3.44. The minimum absolute atomic E-state index is 1.26. The molecule has 2 heteroatoms. The van der Waals surface area contributed by atoms with Gasteiger partial charge in [-0.3, -0.25) is 0 Å². The van der Waals surface area contributed by atoms with E-state index in [4.69, 9.17) is 0 Å². The monoisotopic (exact) mass is 592 g/mol. The Morgan fingerprint density at radius 3 is 1.43 bits per heavy atom. The fourth-order valence-electron chi connectivity index (χ4n) is 7.26. The summed E-state index contributed by atoms with van der Waals surface area (Å²) >= 11 is 3.87. The Morgan fingerprint density at radius 2 is 0.795 bits per heavy atom. The van der Waals surface area contributed by atoms with Gasteiger partial charge in [0.1, 0.15) is 0 Å². The Balaban J connectivity index is 1.26. The molecule has 204 valence electrons. The third-order valence-electron chi connectivity index (χ3n) is 9.23. The van der Waals surface area contributed by atoms with Crippen LogP contribution in [0.4, 0.5) is 0 Å². The van der Waals surface area contributed by atoms with Gasteiger partial charge in [-0.1, -0.05) is 121 Å². The van der Waals surface area contributed by atoms with Crippen LogP contribution in [0.3, 0.4) is 0 Å². The number of benzene rings is 8. The second-order valence-electron chi connectivity index (χ2n) is 11.6. The highest BCUT2D eigenvalue weighted by Gasteiger charge is 2.18. The molecule has 0 aliphatic rings.